The second-order valence-corrected chi connectivity index (χ2v) is 4.27. The zero-order valence-corrected chi connectivity index (χ0v) is 11.2. The van der Waals surface area contributed by atoms with Gasteiger partial charge >= 0.3 is 0 Å². The molecule has 0 spiro atoms. The Hall–Kier alpha value is -2.56. The molecular formula is C15H16N2O3. The zero-order chi connectivity index (χ0) is 14.4. The summed E-state index contributed by atoms with van der Waals surface area (Å²) in [5.41, 5.74) is 0.634. The van der Waals surface area contributed by atoms with Gasteiger partial charge in [-0.15, -0.1) is 0 Å². The maximum Gasteiger partial charge on any atom is 0.255 e. The van der Waals surface area contributed by atoms with Crippen LogP contribution in [0.3, 0.4) is 0 Å². The number of anilines is 1. The van der Waals surface area contributed by atoms with Crippen molar-refractivity contribution in [3.8, 4) is 5.75 Å². The third kappa shape index (κ3) is 3.71. The first-order chi connectivity index (χ1) is 9.69. The van der Waals surface area contributed by atoms with Gasteiger partial charge in [-0.25, -0.2) is 0 Å². The number of rotatable bonds is 5. The van der Waals surface area contributed by atoms with Gasteiger partial charge in [-0.1, -0.05) is 13.0 Å². The molecule has 0 saturated heterocycles. The number of carbonyl (C=O) groups is 1. The molecule has 0 radical (unpaired) electrons. The minimum absolute atomic E-state index is 0.308. The van der Waals surface area contributed by atoms with Gasteiger partial charge in [-0.3, -0.25) is 9.59 Å². The van der Waals surface area contributed by atoms with Crippen LogP contribution in [-0.4, -0.2) is 17.5 Å². The predicted octanol–water partition coefficient (Wildman–Crippen LogP) is 2.42. The highest BCUT2D eigenvalue weighted by atomic mass is 16.5. The molecule has 5 heteroatoms. The van der Waals surface area contributed by atoms with Crippen molar-refractivity contribution >= 4 is 11.6 Å². The molecule has 1 aromatic carbocycles. The van der Waals surface area contributed by atoms with Crippen LogP contribution < -0.4 is 15.6 Å². The average molecular weight is 272 g/mol. The highest BCUT2D eigenvalue weighted by Crippen LogP contribution is 2.18. The van der Waals surface area contributed by atoms with Crippen molar-refractivity contribution < 1.29 is 9.53 Å². The Kier molecular flexibility index (Phi) is 4.55. The van der Waals surface area contributed by atoms with Crippen LogP contribution >= 0.6 is 0 Å². The molecule has 0 aliphatic heterocycles. The van der Waals surface area contributed by atoms with E-state index in [1.54, 1.807) is 24.3 Å². The fourth-order valence-corrected chi connectivity index (χ4v) is 1.67. The van der Waals surface area contributed by atoms with E-state index in [9.17, 15) is 9.59 Å². The number of pyridine rings is 1. The van der Waals surface area contributed by atoms with E-state index in [-0.39, 0.29) is 11.5 Å². The van der Waals surface area contributed by atoms with Crippen molar-refractivity contribution in [3.63, 3.8) is 0 Å². The molecule has 2 rings (SSSR count). The van der Waals surface area contributed by atoms with E-state index in [1.807, 2.05) is 13.0 Å². The van der Waals surface area contributed by atoms with E-state index < -0.39 is 0 Å². The van der Waals surface area contributed by atoms with E-state index in [4.69, 9.17) is 4.74 Å². The molecule has 0 unspecified atom stereocenters. The smallest absolute Gasteiger partial charge is 0.255 e. The van der Waals surface area contributed by atoms with E-state index in [1.165, 1.54) is 12.3 Å². The molecule has 20 heavy (non-hydrogen) atoms. The van der Waals surface area contributed by atoms with E-state index in [2.05, 4.69) is 10.3 Å². The number of aromatic amines is 1. The summed E-state index contributed by atoms with van der Waals surface area (Å²) in [6.45, 7) is 2.66. The minimum atomic E-state index is -0.330. The highest BCUT2D eigenvalue weighted by Gasteiger charge is 2.07. The number of ether oxygens (including phenoxy) is 1. The van der Waals surface area contributed by atoms with Gasteiger partial charge in [0.25, 0.3) is 5.91 Å². The molecule has 0 saturated carbocycles. The summed E-state index contributed by atoms with van der Waals surface area (Å²) < 4.78 is 5.50. The van der Waals surface area contributed by atoms with Crippen LogP contribution in [-0.2, 0) is 0 Å². The minimum Gasteiger partial charge on any atom is -0.494 e. The van der Waals surface area contributed by atoms with Gasteiger partial charge in [0.05, 0.1) is 6.61 Å². The van der Waals surface area contributed by atoms with Gasteiger partial charge < -0.3 is 15.0 Å². The summed E-state index contributed by atoms with van der Waals surface area (Å²) in [5.74, 6) is 0.374. The van der Waals surface area contributed by atoms with Gasteiger partial charge in [0.2, 0.25) is 5.56 Å². The molecule has 1 heterocycles. The fourth-order valence-electron chi connectivity index (χ4n) is 1.67. The number of hydrogen-bond donors (Lipinski definition) is 2. The second-order valence-electron chi connectivity index (χ2n) is 4.27. The summed E-state index contributed by atoms with van der Waals surface area (Å²) in [6.07, 6.45) is 2.36. The SMILES string of the molecule is CCCOc1cccc(NC(=O)c2cc[nH]c(=O)c2)c1. The van der Waals surface area contributed by atoms with Crippen molar-refractivity contribution in [1.29, 1.82) is 0 Å². The summed E-state index contributed by atoms with van der Waals surface area (Å²) in [7, 11) is 0. The van der Waals surface area contributed by atoms with E-state index in [0.717, 1.165) is 6.42 Å². The number of benzene rings is 1. The van der Waals surface area contributed by atoms with Gasteiger partial charge in [0.15, 0.2) is 0 Å². The predicted molar refractivity (Wildman–Crippen MR) is 77.2 cm³/mol. The van der Waals surface area contributed by atoms with Crippen LogP contribution in [0, 0.1) is 0 Å². The van der Waals surface area contributed by atoms with Gasteiger partial charge in [-0.05, 0) is 24.6 Å². The van der Waals surface area contributed by atoms with Crippen molar-refractivity contribution in [2.75, 3.05) is 11.9 Å². The first kappa shape index (κ1) is 13.9. The molecule has 0 bridgehead atoms. The molecule has 0 aliphatic rings. The Balaban J connectivity index is 2.09. The maximum atomic E-state index is 12.0. The van der Waals surface area contributed by atoms with Crippen molar-refractivity contribution in [2.24, 2.45) is 0 Å². The lowest BCUT2D eigenvalue weighted by Crippen LogP contribution is -2.15. The van der Waals surface area contributed by atoms with Gasteiger partial charge in [-0.2, -0.15) is 0 Å². The summed E-state index contributed by atoms with van der Waals surface area (Å²) >= 11 is 0. The standard InChI is InChI=1S/C15H16N2O3/c1-2-8-20-13-5-3-4-12(10-13)17-15(19)11-6-7-16-14(18)9-11/h3-7,9-10H,2,8H2,1H3,(H,16,18)(H,17,19). The number of amides is 1. The second kappa shape index (κ2) is 6.56. The third-order valence-corrected chi connectivity index (χ3v) is 2.60. The molecule has 0 aliphatic carbocycles. The average Bonchev–Trinajstić information content (AvgIpc) is 2.45. The molecular weight excluding hydrogens is 256 g/mol. The van der Waals surface area contributed by atoms with Crippen LogP contribution in [0.25, 0.3) is 0 Å². The number of aromatic nitrogens is 1. The third-order valence-electron chi connectivity index (χ3n) is 2.60. The van der Waals surface area contributed by atoms with Crippen molar-refractivity contribution in [1.82, 2.24) is 4.98 Å². The molecule has 2 aromatic rings. The quantitative estimate of drug-likeness (QED) is 0.878. The summed E-state index contributed by atoms with van der Waals surface area (Å²) in [5, 5.41) is 2.73. The Morgan fingerprint density at radius 3 is 2.90 bits per heavy atom. The van der Waals surface area contributed by atoms with Crippen LogP contribution in [0.15, 0.2) is 47.4 Å². The lowest BCUT2D eigenvalue weighted by Gasteiger charge is -2.08. The number of H-pyrrole nitrogens is 1. The van der Waals surface area contributed by atoms with Crippen LogP contribution in [0.4, 0.5) is 5.69 Å². The molecule has 1 amide bonds. The number of nitrogens with one attached hydrogen (secondary N) is 2. The summed E-state index contributed by atoms with van der Waals surface area (Å²) in [6, 6.07) is 9.96. The molecule has 0 fully saturated rings. The number of hydrogen-bond acceptors (Lipinski definition) is 3. The molecule has 2 N–H and O–H groups in total. The Labute approximate surface area is 116 Å². The Morgan fingerprint density at radius 2 is 2.15 bits per heavy atom. The molecule has 0 atom stereocenters. The molecule has 5 nitrogen and oxygen atoms in total. The first-order valence-corrected chi connectivity index (χ1v) is 6.42. The van der Waals surface area contributed by atoms with Gasteiger partial charge in [0.1, 0.15) is 5.75 Å². The molecule has 1 aromatic heterocycles. The monoisotopic (exact) mass is 272 g/mol. The number of carbonyl (C=O) groups excluding carboxylic acids is 1. The van der Waals surface area contributed by atoms with Crippen molar-refractivity contribution in [3.05, 3.63) is 58.5 Å². The lowest BCUT2D eigenvalue weighted by atomic mass is 10.2. The van der Waals surface area contributed by atoms with Crippen LogP contribution in [0.1, 0.15) is 23.7 Å². The lowest BCUT2D eigenvalue weighted by molar-refractivity contribution is 0.102. The topological polar surface area (TPSA) is 71.2 Å². The summed E-state index contributed by atoms with van der Waals surface area (Å²) in [4.78, 5) is 25.6. The Morgan fingerprint density at radius 1 is 1.30 bits per heavy atom. The van der Waals surface area contributed by atoms with E-state index >= 15 is 0 Å². The Bertz CT molecular complexity index is 649. The van der Waals surface area contributed by atoms with E-state index in [0.29, 0.717) is 23.6 Å². The van der Waals surface area contributed by atoms with Crippen LogP contribution in [0.2, 0.25) is 0 Å². The van der Waals surface area contributed by atoms with Gasteiger partial charge in [0, 0.05) is 29.6 Å². The first-order valence-electron chi connectivity index (χ1n) is 6.42. The zero-order valence-electron chi connectivity index (χ0n) is 11.2. The normalized spacial score (nSPS) is 10.1. The highest BCUT2D eigenvalue weighted by molar-refractivity contribution is 6.04. The largest absolute Gasteiger partial charge is 0.494 e. The fraction of sp³-hybridized carbons (Fsp3) is 0.200. The molecule has 104 valence electrons. The maximum absolute atomic E-state index is 12.0. The van der Waals surface area contributed by atoms with Crippen LogP contribution in [0.5, 0.6) is 5.75 Å². The van der Waals surface area contributed by atoms with Crippen molar-refractivity contribution in [2.45, 2.75) is 13.3 Å².